The molecule has 0 saturated carbocycles. The topological polar surface area (TPSA) is 60.9 Å². The smallest absolute Gasteiger partial charge is 0.240 e. The van der Waals surface area contributed by atoms with Gasteiger partial charge in [0.05, 0.1) is 17.7 Å². The van der Waals surface area contributed by atoms with Gasteiger partial charge in [-0.15, -0.1) is 0 Å². The molecule has 0 saturated heterocycles. The van der Waals surface area contributed by atoms with Crippen LogP contribution in [0, 0.1) is 12.7 Å². The fourth-order valence-electron chi connectivity index (χ4n) is 2.68. The van der Waals surface area contributed by atoms with Gasteiger partial charge in [-0.3, -0.25) is 4.79 Å². The summed E-state index contributed by atoms with van der Waals surface area (Å²) in [5.74, 6) is -0.855. The fraction of sp³-hybridized carbons (Fsp3) is 0.158. The maximum absolute atomic E-state index is 14.6. The first-order valence-corrected chi connectivity index (χ1v) is 7.67. The predicted octanol–water partition coefficient (Wildman–Crippen LogP) is 3.71. The zero-order valence-electron chi connectivity index (χ0n) is 13.5. The van der Waals surface area contributed by atoms with Gasteiger partial charge in [-0.05, 0) is 31.5 Å². The number of aromatic nitrogens is 2. The van der Waals surface area contributed by atoms with E-state index in [1.165, 1.54) is 12.4 Å². The number of aryl methyl sites for hydroxylation is 1. The highest BCUT2D eigenvalue weighted by atomic mass is 19.1. The molecule has 1 atom stereocenters. The monoisotopic (exact) mass is 323 g/mol. The highest BCUT2D eigenvalue weighted by molar-refractivity contribution is 5.83. The molecule has 5 heteroatoms. The molecule has 2 N–H and O–H groups in total. The van der Waals surface area contributed by atoms with Crippen LogP contribution in [0.1, 0.15) is 18.5 Å². The first-order valence-electron chi connectivity index (χ1n) is 7.67. The third-order valence-corrected chi connectivity index (χ3v) is 4.05. The summed E-state index contributed by atoms with van der Waals surface area (Å²) in [6.07, 6.45) is 1.53. The second-order valence-electron chi connectivity index (χ2n) is 5.78. The van der Waals surface area contributed by atoms with Gasteiger partial charge < -0.3 is 10.3 Å². The Morgan fingerprint density at radius 3 is 2.54 bits per heavy atom. The van der Waals surface area contributed by atoms with E-state index in [2.05, 4.69) is 4.98 Å². The van der Waals surface area contributed by atoms with E-state index in [9.17, 15) is 9.18 Å². The summed E-state index contributed by atoms with van der Waals surface area (Å²) in [4.78, 5) is 16.1. The molecule has 3 rings (SSSR count). The summed E-state index contributed by atoms with van der Waals surface area (Å²) < 4.78 is 16.2. The Bertz CT molecular complexity index is 887. The van der Waals surface area contributed by atoms with E-state index in [1.807, 2.05) is 43.3 Å². The number of nitrogens with two attached hydrogens (primary N) is 1. The normalized spacial score (nSPS) is 12.1. The minimum atomic E-state index is -0.634. The van der Waals surface area contributed by atoms with Gasteiger partial charge in [-0.2, -0.15) is 0 Å². The zero-order valence-corrected chi connectivity index (χ0v) is 13.5. The lowest BCUT2D eigenvalue weighted by molar-refractivity contribution is -0.120. The average Bonchev–Trinajstić information content (AvgIpc) is 2.99. The lowest BCUT2D eigenvalue weighted by Gasteiger charge is -2.15. The number of halogens is 1. The van der Waals surface area contributed by atoms with Crippen molar-refractivity contribution in [1.29, 1.82) is 0 Å². The summed E-state index contributed by atoms with van der Waals surface area (Å²) in [6, 6.07) is 13.9. The van der Waals surface area contributed by atoms with Crippen LogP contribution in [0.4, 0.5) is 4.39 Å². The Kier molecular flexibility index (Phi) is 4.16. The van der Waals surface area contributed by atoms with Crippen LogP contribution in [-0.2, 0) is 4.79 Å². The molecule has 4 nitrogen and oxygen atoms in total. The molecule has 1 amide bonds. The number of nitrogens with zero attached hydrogens (tertiary/aromatic N) is 2. The molecule has 3 aromatic rings. The summed E-state index contributed by atoms with van der Waals surface area (Å²) in [7, 11) is 0. The largest absolute Gasteiger partial charge is 0.368 e. The van der Waals surface area contributed by atoms with Crippen LogP contribution in [0.5, 0.6) is 0 Å². The maximum atomic E-state index is 14.6. The van der Waals surface area contributed by atoms with Crippen molar-refractivity contribution >= 4 is 5.91 Å². The summed E-state index contributed by atoms with van der Waals surface area (Å²) in [5, 5.41) is 0. The molecule has 1 aromatic heterocycles. The third-order valence-electron chi connectivity index (χ3n) is 4.05. The number of imidazole rings is 1. The second kappa shape index (κ2) is 6.28. The molecule has 0 aliphatic rings. The quantitative estimate of drug-likeness (QED) is 0.795. The molecule has 0 fully saturated rings. The highest BCUT2D eigenvalue weighted by Crippen LogP contribution is 2.34. The zero-order chi connectivity index (χ0) is 17.3. The van der Waals surface area contributed by atoms with Crippen molar-refractivity contribution in [2.24, 2.45) is 5.73 Å². The van der Waals surface area contributed by atoms with Crippen molar-refractivity contribution in [1.82, 2.24) is 9.55 Å². The Labute approximate surface area is 139 Å². The molecule has 1 heterocycles. The van der Waals surface area contributed by atoms with Crippen molar-refractivity contribution < 1.29 is 9.18 Å². The molecular weight excluding hydrogens is 305 g/mol. The molecule has 24 heavy (non-hydrogen) atoms. The molecule has 0 aliphatic carbocycles. The number of rotatable bonds is 4. The van der Waals surface area contributed by atoms with Crippen molar-refractivity contribution in [2.45, 2.75) is 19.9 Å². The lowest BCUT2D eigenvalue weighted by Crippen LogP contribution is -2.24. The molecular formula is C19H18FN3O. The number of benzene rings is 2. The van der Waals surface area contributed by atoms with Crippen molar-refractivity contribution in [3.05, 3.63) is 66.2 Å². The van der Waals surface area contributed by atoms with Crippen molar-refractivity contribution in [3.63, 3.8) is 0 Å². The van der Waals surface area contributed by atoms with E-state index in [-0.39, 0.29) is 5.82 Å². The third kappa shape index (κ3) is 2.80. The molecule has 2 aromatic carbocycles. The van der Waals surface area contributed by atoms with Crippen LogP contribution < -0.4 is 5.73 Å². The number of hydrogen-bond donors (Lipinski definition) is 1. The van der Waals surface area contributed by atoms with Crippen LogP contribution in [-0.4, -0.2) is 15.5 Å². The van der Waals surface area contributed by atoms with E-state index in [0.717, 1.165) is 11.1 Å². The molecule has 122 valence electrons. The van der Waals surface area contributed by atoms with Gasteiger partial charge in [0.2, 0.25) is 5.91 Å². The van der Waals surface area contributed by atoms with E-state index in [4.69, 9.17) is 5.73 Å². The van der Waals surface area contributed by atoms with Crippen molar-refractivity contribution in [2.75, 3.05) is 0 Å². The number of hydrogen-bond acceptors (Lipinski definition) is 2. The van der Waals surface area contributed by atoms with Gasteiger partial charge in [-0.25, -0.2) is 9.37 Å². The van der Waals surface area contributed by atoms with Gasteiger partial charge in [0.15, 0.2) is 0 Å². The van der Waals surface area contributed by atoms with Crippen molar-refractivity contribution in [3.8, 4) is 22.5 Å². The Morgan fingerprint density at radius 1 is 1.21 bits per heavy atom. The first-order chi connectivity index (χ1) is 11.5. The second-order valence-corrected chi connectivity index (χ2v) is 5.78. The Balaban J connectivity index is 2.27. The Morgan fingerprint density at radius 2 is 1.92 bits per heavy atom. The summed E-state index contributed by atoms with van der Waals surface area (Å²) in [5.41, 5.74) is 8.68. The number of amides is 1. The standard InChI is InChI=1S/C19H18FN3O/c1-12-8-9-15(16(20)10-12)18-17(14-6-4-3-5-7-14)22-11-23(18)13(2)19(21)24/h3-11,13H,1-2H3,(H2,21,24)/t13-/m1/s1. The molecule has 0 bridgehead atoms. The van der Waals surface area contributed by atoms with Gasteiger partial charge in [0, 0.05) is 11.1 Å². The summed E-state index contributed by atoms with van der Waals surface area (Å²) >= 11 is 0. The van der Waals surface area contributed by atoms with Crippen LogP contribution in [0.3, 0.4) is 0 Å². The van der Waals surface area contributed by atoms with Crippen LogP contribution in [0.25, 0.3) is 22.5 Å². The van der Waals surface area contributed by atoms with Crippen LogP contribution in [0.15, 0.2) is 54.9 Å². The first kappa shape index (κ1) is 15.9. The van der Waals surface area contributed by atoms with Crippen LogP contribution >= 0.6 is 0 Å². The highest BCUT2D eigenvalue weighted by Gasteiger charge is 2.22. The van der Waals surface area contributed by atoms with Gasteiger partial charge in [0.1, 0.15) is 11.9 Å². The van der Waals surface area contributed by atoms with Crippen LogP contribution in [0.2, 0.25) is 0 Å². The van der Waals surface area contributed by atoms with E-state index < -0.39 is 11.9 Å². The SMILES string of the molecule is Cc1ccc(-c2c(-c3ccccc3)ncn2[C@H](C)C(N)=O)c(F)c1. The number of carbonyl (C=O) groups is 1. The molecule has 0 radical (unpaired) electrons. The minimum Gasteiger partial charge on any atom is -0.368 e. The summed E-state index contributed by atoms with van der Waals surface area (Å²) in [6.45, 7) is 3.50. The van der Waals surface area contributed by atoms with Gasteiger partial charge in [-0.1, -0.05) is 36.4 Å². The average molecular weight is 323 g/mol. The number of carbonyl (C=O) groups excluding carboxylic acids is 1. The number of primary amides is 1. The van der Waals surface area contributed by atoms with Gasteiger partial charge >= 0.3 is 0 Å². The van der Waals surface area contributed by atoms with Gasteiger partial charge in [0.25, 0.3) is 0 Å². The Hall–Kier alpha value is -2.95. The molecule has 0 aliphatic heterocycles. The fourth-order valence-corrected chi connectivity index (χ4v) is 2.68. The maximum Gasteiger partial charge on any atom is 0.240 e. The molecule has 0 spiro atoms. The minimum absolute atomic E-state index is 0.356. The van der Waals surface area contributed by atoms with E-state index in [0.29, 0.717) is 17.0 Å². The van der Waals surface area contributed by atoms with E-state index >= 15 is 0 Å². The lowest BCUT2D eigenvalue weighted by atomic mass is 10.0. The van der Waals surface area contributed by atoms with E-state index in [1.54, 1.807) is 17.6 Å². The predicted molar refractivity (Wildman–Crippen MR) is 91.7 cm³/mol. The molecule has 0 unspecified atom stereocenters.